The van der Waals surface area contributed by atoms with E-state index in [4.69, 9.17) is 4.74 Å². The highest BCUT2D eigenvalue weighted by Gasteiger charge is 2.17. The molecule has 4 aromatic rings. The number of carbonyl (C=O) groups is 1. The Morgan fingerprint density at radius 2 is 1.67 bits per heavy atom. The first-order valence-corrected chi connectivity index (χ1v) is 12.2. The fourth-order valence-electron chi connectivity index (χ4n) is 4.30. The van der Waals surface area contributed by atoms with Gasteiger partial charge in [-0.3, -0.25) is 4.79 Å². The molecule has 0 unspecified atom stereocenters. The third-order valence-corrected chi connectivity index (χ3v) is 6.46. The molecule has 7 heteroatoms. The number of para-hydroxylation sites is 1. The van der Waals surface area contributed by atoms with Gasteiger partial charge in [-0.05, 0) is 68.9 Å². The molecule has 0 radical (unpaired) electrons. The minimum atomic E-state index is -0.184. The van der Waals surface area contributed by atoms with E-state index in [1.165, 1.54) is 0 Å². The van der Waals surface area contributed by atoms with E-state index in [9.17, 15) is 4.79 Å². The van der Waals surface area contributed by atoms with E-state index in [2.05, 4.69) is 33.2 Å². The van der Waals surface area contributed by atoms with Gasteiger partial charge in [0.1, 0.15) is 11.5 Å². The van der Waals surface area contributed by atoms with Crippen molar-refractivity contribution in [3.63, 3.8) is 0 Å². The van der Waals surface area contributed by atoms with Crippen molar-refractivity contribution in [2.75, 3.05) is 43.4 Å². The summed E-state index contributed by atoms with van der Waals surface area (Å²) >= 11 is 0. The second-order valence-corrected chi connectivity index (χ2v) is 9.30. The van der Waals surface area contributed by atoms with Crippen molar-refractivity contribution in [2.45, 2.75) is 13.8 Å². The van der Waals surface area contributed by atoms with E-state index in [1.807, 2.05) is 79.2 Å². The fourth-order valence-corrected chi connectivity index (χ4v) is 4.30. The van der Waals surface area contributed by atoms with E-state index in [0.29, 0.717) is 11.3 Å². The summed E-state index contributed by atoms with van der Waals surface area (Å²) < 4.78 is 8.02. The molecular formula is C29H31N5O2. The molecule has 0 spiro atoms. The highest BCUT2D eigenvalue weighted by molar-refractivity contribution is 6.05. The van der Waals surface area contributed by atoms with Crippen molar-refractivity contribution in [3.8, 4) is 17.2 Å². The second-order valence-electron chi connectivity index (χ2n) is 9.30. The Balaban J connectivity index is 1.42. The molecule has 184 valence electrons. The zero-order valence-corrected chi connectivity index (χ0v) is 20.9. The van der Waals surface area contributed by atoms with Gasteiger partial charge in [-0.2, -0.15) is 0 Å². The topological polar surface area (TPSA) is 62.6 Å². The van der Waals surface area contributed by atoms with E-state index < -0.39 is 0 Å². The molecule has 2 heterocycles. The van der Waals surface area contributed by atoms with Gasteiger partial charge in [-0.15, -0.1) is 0 Å². The number of hydrogen-bond donors (Lipinski definition) is 1. The number of nitrogens with zero attached hydrogens (tertiary/aromatic N) is 4. The van der Waals surface area contributed by atoms with Gasteiger partial charge >= 0.3 is 0 Å². The van der Waals surface area contributed by atoms with Crippen LogP contribution in [-0.2, 0) is 0 Å². The third kappa shape index (κ3) is 5.42. The summed E-state index contributed by atoms with van der Waals surface area (Å²) in [5.74, 6) is 1.21. The van der Waals surface area contributed by atoms with E-state index in [-0.39, 0.29) is 5.91 Å². The van der Waals surface area contributed by atoms with Crippen LogP contribution < -0.4 is 15.0 Å². The molecule has 0 bridgehead atoms. The van der Waals surface area contributed by atoms with Crippen molar-refractivity contribution < 1.29 is 9.53 Å². The standard InChI is InChI=1S/C29H31N5O2/c1-21-9-10-23(15-28(21)36-27-7-5-4-6-8-27)29(35)31-24-16-25(33-13-11-32(3)12-14-33)18-26(17-24)34-19-22(2)30-20-34/h4-10,15-20H,11-14H2,1-3H3,(H,31,35). The molecule has 1 amide bonds. The summed E-state index contributed by atoms with van der Waals surface area (Å²) in [5.41, 5.74) is 5.22. The van der Waals surface area contributed by atoms with Crippen molar-refractivity contribution in [1.82, 2.24) is 14.5 Å². The maximum absolute atomic E-state index is 13.3. The number of ether oxygens (including phenoxy) is 1. The summed E-state index contributed by atoms with van der Waals surface area (Å²) in [5, 5.41) is 3.11. The Morgan fingerprint density at radius 3 is 2.39 bits per heavy atom. The zero-order chi connectivity index (χ0) is 25.1. The maximum atomic E-state index is 13.3. The minimum Gasteiger partial charge on any atom is -0.457 e. The van der Waals surface area contributed by atoms with Crippen molar-refractivity contribution in [1.29, 1.82) is 0 Å². The van der Waals surface area contributed by atoms with Gasteiger partial charge in [0.05, 0.1) is 17.7 Å². The summed E-state index contributed by atoms with van der Waals surface area (Å²) in [6.45, 7) is 7.82. The van der Waals surface area contributed by atoms with Crippen LogP contribution in [0.15, 0.2) is 79.3 Å². The molecule has 1 aliphatic rings. The number of imidazole rings is 1. The summed E-state index contributed by atoms with van der Waals surface area (Å²) in [6, 6.07) is 21.3. The Kier molecular flexibility index (Phi) is 6.73. The lowest BCUT2D eigenvalue weighted by molar-refractivity contribution is 0.102. The Morgan fingerprint density at radius 1 is 0.917 bits per heavy atom. The molecule has 5 rings (SSSR count). The number of amides is 1. The van der Waals surface area contributed by atoms with Crippen LogP contribution in [0.1, 0.15) is 21.6 Å². The highest BCUT2D eigenvalue weighted by Crippen LogP contribution is 2.29. The number of aryl methyl sites for hydroxylation is 2. The van der Waals surface area contributed by atoms with Crippen LogP contribution in [0.25, 0.3) is 5.69 Å². The smallest absolute Gasteiger partial charge is 0.255 e. The summed E-state index contributed by atoms with van der Waals surface area (Å²) in [6.07, 6.45) is 3.79. The number of hydrogen-bond acceptors (Lipinski definition) is 5. The average Bonchev–Trinajstić information content (AvgIpc) is 3.32. The van der Waals surface area contributed by atoms with Gasteiger partial charge < -0.3 is 24.4 Å². The number of rotatable bonds is 6. The van der Waals surface area contributed by atoms with Crippen LogP contribution in [0.3, 0.4) is 0 Å². The van der Waals surface area contributed by atoms with Crippen LogP contribution in [0.2, 0.25) is 0 Å². The number of aromatic nitrogens is 2. The molecule has 1 saturated heterocycles. The highest BCUT2D eigenvalue weighted by atomic mass is 16.5. The van der Waals surface area contributed by atoms with Crippen LogP contribution in [0.4, 0.5) is 11.4 Å². The van der Waals surface area contributed by atoms with Gasteiger partial charge in [0.15, 0.2) is 0 Å². The molecule has 36 heavy (non-hydrogen) atoms. The van der Waals surface area contributed by atoms with Gasteiger partial charge in [-0.25, -0.2) is 4.98 Å². The number of carbonyl (C=O) groups excluding carboxylic acids is 1. The molecule has 0 atom stereocenters. The quantitative estimate of drug-likeness (QED) is 0.406. The maximum Gasteiger partial charge on any atom is 0.255 e. The third-order valence-electron chi connectivity index (χ3n) is 6.46. The minimum absolute atomic E-state index is 0.184. The molecular weight excluding hydrogens is 450 g/mol. The zero-order valence-electron chi connectivity index (χ0n) is 20.9. The van der Waals surface area contributed by atoms with Gasteiger partial charge in [-0.1, -0.05) is 24.3 Å². The number of anilines is 2. The van der Waals surface area contributed by atoms with Crippen LogP contribution >= 0.6 is 0 Å². The Hall–Kier alpha value is -4.10. The number of nitrogens with one attached hydrogen (secondary N) is 1. The fraction of sp³-hybridized carbons (Fsp3) is 0.241. The molecule has 3 aromatic carbocycles. The second kappa shape index (κ2) is 10.3. The predicted octanol–water partition coefficient (Wildman–Crippen LogP) is 5.29. The normalized spacial score (nSPS) is 14.0. The van der Waals surface area contributed by atoms with Crippen LogP contribution in [0.5, 0.6) is 11.5 Å². The first-order chi connectivity index (χ1) is 17.4. The Bertz CT molecular complexity index is 1360. The molecule has 1 N–H and O–H groups in total. The molecule has 1 fully saturated rings. The first-order valence-electron chi connectivity index (χ1n) is 12.2. The number of likely N-dealkylation sites (N-methyl/N-ethyl adjacent to an activating group) is 1. The van der Waals surface area contributed by atoms with Gasteiger partial charge in [0.2, 0.25) is 0 Å². The summed E-state index contributed by atoms with van der Waals surface area (Å²) in [4.78, 5) is 22.4. The van der Waals surface area contributed by atoms with Crippen LogP contribution in [0, 0.1) is 13.8 Å². The lowest BCUT2D eigenvalue weighted by Gasteiger charge is -2.34. The number of piperazine rings is 1. The van der Waals surface area contributed by atoms with E-state index >= 15 is 0 Å². The van der Waals surface area contributed by atoms with Gasteiger partial charge in [0, 0.05) is 49.3 Å². The van der Waals surface area contributed by atoms with E-state index in [0.717, 1.165) is 60.2 Å². The molecule has 1 aliphatic heterocycles. The monoisotopic (exact) mass is 481 g/mol. The lowest BCUT2D eigenvalue weighted by Crippen LogP contribution is -2.44. The van der Waals surface area contributed by atoms with Crippen molar-refractivity contribution in [3.05, 3.63) is 96.1 Å². The predicted molar refractivity (Wildman–Crippen MR) is 144 cm³/mol. The average molecular weight is 482 g/mol. The molecule has 7 nitrogen and oxygen atoms in total. The summed E-state index contributed by atoms with van der Waals surface area (Å²) in [7, 11) is 2.14. The molecule has 1 aromatic heterocycles. The molecule has 0 aliphatic carbocycles. The van der Waals surface area contributed by atoms with Gasteiger partial charge in [0.25, 0.3) is 5.91 Å². The van der Waals surface area contributed by atoms with Crippen LogP contribution in [-0.4, -0.2) is 53.6 Å². The Labute approximate surface area is 211 Å². The SMILES string of the molecule is Cc1cn(-c2cc(NC(=O)c3ccc(C)c(Oc4ccccc4)c3)cc(N3CCN(C)CC3)c2)cn1. The molecule has 0 saturated carbocycles. The van der Waals surface area contributed by atoms with Crippen molar-refractivity contribution >= 4 is 17.3 Å². The van der Waals surface area contributed by atoms with E-state index in [1.54, 1.807) is 12.4 Å². The largest absolute Gasteiger partial charge is 0.457 e. The lowest BCUT2D eigenvalue weighted by atomic mass is 10.1. The first kappa shape index (κ1) is 23.6. The van der Waals surface area contributed by atoms with Crippen molar-refractivity contribution in [2.24, 2.45) is 0 Å². The number of benzene rings is 3.